The molecule has 1 aliphatic heterocycles. The average molecular weight is 536 g/mol. The van der Waals surface area contributed by atoms with Crippen molar-refractivity contribution in [1.82, 2.24) is 29.2 Å². The minimum Gasteiger partial charge on any atom is -0.339 e. The largest absolute Gasteiger partial charge is 0.416 e. The van der Waals surface area contributed by atoms with Gasteiger partial charge in [-0.2, -0.15) is 13.2 Å². The van der Waals surface area contributed by atoms with Crippen molar-refractivity contribution in [2.45, 2.75) is 44.6 Å². The number of fused-ring (bicyclic) bond motifs is 2. The molecule has 4 aromatic rings. The van der Waals surface area contributed by atoms with Crippen LogP contribution < -0.4 is 4.90 Å². The summed E-state index contributed by atoms with van der Waals surface area (Å²) in [7, 11) is 2.15. The fourth-order valence-corrected chi connectivity index (χ4v) is 5.81. The summed E-state index contributed by atoms with van der Waals surface area (Å²) in [6.07, 6.45) is 4.83. The number of anilines is 1. The Kier molecular flexibility index (Phi) is 6.99. The molecule has 0 amide bonds. The molecule has 6 rings (SSSR count). The molecule has 7 nitrogen and oxygen atoms in total. The zero-order valence-corrected chi connectivity index (χ0v) is 22.0. The molecule has 0 saturated carbocycles. The van der Waals surface area contributed by atoms with Gasteiger partial charge in [0.05, 0.1) is 23.0 Å². The van der Waals surface area contributed by atoms with Crippen LogP contribution in [0.1, 0.15) is 47.0 Å². The highest BCUT2D eigenvalue weighted by atomic mass is 19.4. The first-order chi connectivity index (χ1) is 18.8. The standard InChI is InChI=1S/C29H32F3N7/c1-36(25-6-2-4-22-5-3-12-33-27(22)25)19-24-20-39-26(35-24)11-13-34-28(39)38-16-14-37(15-17-38)18-21-7-9-23(10-8-21)29(30,31)32/h3,5,7-13,20,25H,2,4,6,14-19H2,1H3/t25-/m0/s1. The smallest absolute Gasteiger partial charge is 0.339 e. The SMILES string of the molecule is CN(Cc1cn2c(N3CCN(Cc4ccc(C(F)(F)F)cc4)CC3)nccc2n1)[C@H]1CCCc2cccnc21. The highest BCUT2D eigenvalue weighted by Gasteiger charge is 2.30. The van der Waals surface area contributed by atoms with Gasteiger partial charge in [-0.1, -0.05) is 18.2 Å². The van der Waals surface area contributed by atoms with Gasteiger partial charge in [0.1, 0.15) is 5.65 Å². The summed E-state index contributed by atoms with van der Waals surface area (Å²) >= 11 is 0. The van der Waals surface area contributed by atoms with E-state index in [4.69, 9.17) is 9.97 Å². The van der Waals surface area contributed by atoms with Gasteiger partial charge in [-0.05, 0) is 61.7 Å². The number of imidazole rings is 1. The second kappa shape index (κ2) is 10.6. The molecule has 0 bridgehead atoms. The van der Waals surface area contributed by atoms with Crippen molar-refractivity contribution >= 4 is 11.6 Å². The fraction of sp³-hybridized carbons (Fsp3) is 0.414. The Morgan fingerprint density at radius 2 is 1.77 bits per heavy atom. The van der Waals surface area contributed by atoms with Crippen LogP contribution >= 0.6 is 0 Å². The lowest BCUT2D eigenvalue weighted by Gasteiger charge is -2.35. The van der Waals surface area contributed by atoms with Crippen LogP contribution in [0.15, 0.2) is 61.1 Å². The molecule has 204 valence electrons. The number of alkyl halides is 3. The highest BCUT2D eigenvalue weighted by molar-refractivity contribution is 5.48. The van der Waals surface area contributed by atoms with E-state index in [1.165, 1.54) is 11.3 Å². The number of pyridine rings is 1. The van der Waals surface area contributed by atoms with Crippen molar-refractivity contribution in [2.75, 3.05) is 38.1 Å². The van der Waals surface area contributed by atoms with Gasteiger partial charge in [0.25, 0.3) is 0 Å². The Morgan fingerprint density at radius 3 is 2.54 bits per heavy atom. The summed E-state index contributed by atoms with van der Waals surface area (Å²) in [6, 6.07) is 11.9. The lowest BCUT2D eigenvalue weighted by atomic mass is 9.91. The lowest BCUT2D eigenvalue weighted by Crippen LogP contribution is -2.46. The maximum Gasteiger partial charge on any atom is 0.416 e. The first kappa shape index (κ1) is 25.8. The molecule has 0 radical (unpaired) electrons. The Labute approximate surface area is 225 Å². The minimum absolute atomic E-state index is 0.287. The van der Waals surface area contributed by atoms with Crippen LogP contribution in [-0.4, -0.2) is 62.4 Å². The van der Waals surface area contributed by atoms with E-state index in [2.05, 4.69) is 43.4 Å². The van der Waals surface area contributed by atoms with Crippen LogP contribution in [0.3, 0.4) is 0 Å². The van der Waals surface area contributed by atoms with Crippen LogP contribution in [0.2, 0.25) is 0 Å². The molecule has 1 aromatic carbocycles. The molecule has 1 saturated heterocycles. The summed E-state index contributed by atoms with van der Waals surface area (Å²) in [5, 5.41) is 0. The molecule has 0 unspecified atom stereocenters. The van der Waals surface area contributed by atoms with Crippen LogP contribution in [0.25, 0.3) is 5.65 Å². The zero-order valence-electron chi connectivity index (χ0n) is 22.0. The third kappa shape index (κ3) is 5.49. The third-order valence-corrected chi connectivity index (χ3v) is 7.86. The van der Waals surface area contributed by atoms with Gasteiger partial charge in [-0.3, -0.25) is 19.2 Å². The maximum absolute atomic E-state index is 12.9. The van der Waals surface area contributed by atoms with Crippen LogP contribution in [0.5, 0.6) is 0 Å². The summed E-state index contributed by atoms with van der Waals surface area (Å²) in [6.45, 7) is 4.53. The van der Waals surface area contributed by atoms with Crippen LogP contribution in [-0.2, 0) is 25.7 Å². The van der Waals surface area contributed by atoms with Crippen LogP contribution in [0, 0.1) is 0 Å². The normalized spacial score (nSPS) is 18.6. The monoisotopic (exact) mass is 535 g/mol. The number of aryl methyl sites for hydroxylation is 1. The van der Waals surface area contributed by atoms with Crippen molar-refractivity contribution in [3.8, 4) is 0 Å². The van der Waals surface area contributed by atoms with Gasteiger partial charge in [-0.15, -0.1) is 0 Å². The minimum atomic E-state index is -4.31. The maximum atomic E-state index is 12.9. The van der Waals surface area contributed by atoms with Gasteiger partial charge in [0.2, 0.25) is 5.95 Å². The van der Waals surface area contributed by atoms with E-state index in [1.54, 1.807) is 18.3 Å². The van der Waals surface area contributed by atoms with E-state index >= 15 is 0 Å². The van der Waals surface area contributed by atoms with E-state index in [0.717, 1.165) is 87.0 Å². The number of hydrogen-bond acceptors (Lipinski definition) is 6. The second-order valence-electron chi connectivity index (χ2n) is 10.5. The molecule has 1 fully saturated rings. The molecule has 4 heterocycles. The molecule has 39 heavy (non-hydrogen) atoms. The number of hydrogen-bond donors (Lipinski definition) is 0. The molecule has 1 aliphatic carbocycles. The summed E-state index contributed by atoms with van der Waals surface area (Å²) in [5.74, 6) is 0.868. The van der Waals surface area contributed by atoms with Gasteiger partial charge < -0.3 is 4.90 Å². The number of piperazine rings is 1. The van der Waals surface area contributed by atoms with Crippen LogP contribution in [0.4, 0.5) is 19.1 Å². The predicted molar refractivity (Wildman–Crippen MR) is 143 cm³/mol. The Balaban J connectivity index is 1.11. The van der Waals surface area contributed by atoms with Crippen molar-refractivity contribution in [2.24, 2.45) is 0 Å². The Morgan fingerprint density at radius 1 is 0.974 bits per heavy atom. The predicted octanol–water partition coefficient (Wildman–Crippen LogP) is 4.97. The van der Waals surface area contributed by atoms with E-state index in [1.807, 2.05) is 18.3 Å². The fourth-order valence-electron chi connectivity index (χ4n) is 5.81. The van der Waals surface area contributed by atoms with Gasteiger partial charge in [-0.25, -0.2) is 9.97 Å². The zero-order chi connectivity index (χ0) is 27.0. The van der Waals surface area contributed by atoms with E-state index < -0.39 is 11.7 Å². The third-order valence-electron chi connectivity index (χ3n) is 7.86. The Hall–Kier alpha value is -3.50. The molecule has 1 atom stereocenters. The Bertz CT molecular complexity index is 1430. The number of nitrogens with zero attached hydrogens (tertiary/aromatic N) is 7. The van der Waals surface area contributed by atoms with E-state index in [-0.39, 0.29) is 6.04 Å². The molecule has 0 N–H and O–H groups in total. The highest BCUT2D eigenvalue weighted by Crippen LogP contribution is 2.33. The summed E-state index contributed by atoms with van der Waals surface area (Å²) in [4.78, 5) is 21.1. The lowest BCUT2D eigenvalue weighted by molar-refractivity contribution is -0.137. The molecule has 3 aromatic heterocycles. The quantitative estimate of drug-likeness (QED) is 0.347. The molecule has 10 heteroatoms. The van der Waals surface area contributed by atoms with Crippen molar-refractivity contribution < 1.29 is 13.2 Å². The number of benzene rings is 1. The topological polar surface area (TPSA) is 52.8 Å². The van der Waals surface area contributed by atoms with Crippen molar-refractivity contribution in [3.63, 3.8) is 0 Å². The summed E-state index contributed by atoms with van der Waals surface area (Å²) < 4.78 is 40.7. The first-order valence-corrected chi connectivity index (χ1v) is 13.5. The van der Waals surface area contributed by atoms with Crippen molar-refractivity contribution in [1.29, 1.82) is 0 Å². The van der Waals surface area contributed by atoms with Gasteiger partial charge in [0.15, 0.2) is 0 Å². The molecule has 2 aliphatic rings. The first-order valence-electron chi connectivity index (χ1n) is 13.5. The molecular weight excluding hydrogens is 503 g/mol. The molecular formula is C29H32F3N7. The van der Waals surface area contributed by atoms with Gasteiger partial charge in [0, 0.05) is 57.9 Å². The number of rotatable bonds is 6. The van der Waals surface area contributed by atoms with Gasteiger partial charge >= 0.3 is 6.18 Å². The average Bonchev–Trinajstić information content (AvgIpc) is 3.35. The van der Waals surface area contributed by atoms with E-state index in [0.29, 0.717) is 6.54 Å². The molecule has 0 spiro atoms. The summed E-state index contributed by atoms with van der Waals surface area (Å²) in [5.41, 5.74) is 4.68. The second-order valence-corrected chi connectivity index (χ2v) is 10.5. The number of halogens is 3. The van der Waals surface area contributed by atoms with E-state index in [9.17, 15) is 13.2 Å². The number of aromatic nitrogens is 4. The van der Waals surface area contributed by atoms with Crippen molar-refractivity contribution in [3.05, 3.63) is 89.1 Å².